The first-order chi connectivity index (χ1) is 12.9. The fraction of sp³-hybridized carbons (Fsp3) is 0.667. The zero-order valence-electron chi connectivity index (χ0n) is 16.7. The van der Waals surface area contributed by atoms with Crippen LogP contribution in [0.1, 0.15) is 38.7 Å². The molecule has 1 aromatic rings. The molecule has 2 aliphatic rings. The molecule has 2 atom stereocenters. The van der Waals surface area contributed by atoms with Crippen molar-refractivity contribution in [2.45, 2.75) is 63.8 Å². The third kappa shape index (κ3) is 5.92. The van der Waals surface area contributed by atoms with Crippen molar-refractivity contribution in [2.75, 3.05) is 26.7 Å². The molecule has 0 bridgehead atoms. The van der Waals surface area contributed by atoms with Gasteiger partial charge in [-0.15, -0.1) is 0 Å². The fourth-order valence-electron chi connectivity index (χ4n) is 4.19. The molecule has 1 amide bonds. The SMILES string of the molecule is CC(C)NC(=O)[C@@H]1C[C@H](NC2CCN(C)CC2)CN1Cc1ccc(Cl)cc1. The molecule has 0 spiro atoms. The highest BCUT2D eigenvalue weighted by Gasteiger charge is 2.37. The maximum Gasteiger partial charge on any atom is 0.237 e. The second kappa shape index (κ2) is 9.37. The molecule has 0 unspecified atom stereocenters. The summed E-state index contributed by atoms with van der Waals surface area (Å²) in [6.45, 7) is 8.02. The number of likely N-dealkylation sites (tertiary alicyclic amines) is 2. The Morgan fingerprint density at radius 3 is 2.48 bits per heavy atom. The first-order valence-electron chi connectivity index (χ1n) is 10.1. The summed E-state index contributed by atoms with van der Waals surface area (Å²) in [7, 11) is 2.19. The molecule has 5 nitrogen and oxygen atoms in total. The molecule has 0 radical (unpaired) electrons. The molecule has 2 saturated heterocycles. The van der Waals surface area contributed by atoms with Crippen LogP contribution in [0.4, 0.5) is 0 Å². The Balaban J connectivity index is 1.64. The van der Waals surface area contributed by atoms with Crippen LogP contribution in [0.5, 0.6) is 0 Å². The molecule has 3 rings (SSSR count). The molecule has 2 fully saturated rings. The minimum Gasteiger partial charge on any atom is -0.353 e. The highest BCUT2D eigenvalue weighted by Crippen LogP contribution is 2.23. The Labute approximate surface area is 168 Å². The molecular weight excluding hydrogens is 360 g/mol. The van der Waals surface area contributed by atoms with Gasteiger partial charge in [-0.2, -0.15) is 0 Å². The van der Waals surface area contributed by atoms with Gasteiger partial charge in [0.1, 0.15) is 0 Å². The van der Waals surface area contributed by atoms with Crippen molar-refractivity contribution >= 4 is 17.5 Å². The van der Waals surface area contributed by atoms with Crippen molar-refractivity contribution in [3.63, 3.8) is 0 Å². The number of nitrogens with one attached hydrogen (secondary N) is 2. The molecule has 27 heavy (non-hydrogen) atoms. The zero-order valence-corrected chi connectivity index (χ0v) is 17.5. The van der Waals surface area contributed by atoms with E-state index in [0.717, 1.165) is 37.6 Å². The first-order valence-corrected chi connectivity index (χ1v) is 10.5. The van der Waals surface area contributed by atoms with E-state index in [2.05, 4.69) is 39.6 Å². The second-order valence-electron chi connectivity index (χ2n) is 8.41. The minimum atomic E-state index is -0.0770. The lowest BCUT2D eigenvalue weighted by Crippen LogP contribution is -2.46. The fourth-order valence-corrected chi connectivity index (χ4v) is 4.31. The first kappa shape index (κ1) is 20.6. The molecule has 0 aliphatic carbocycles. The van der Waals surface area contributed by atoms with Gasteiger partial charge in [0.25, 0.3) is 0 Å². The van der Waals surface area contributed by atoms with Crippen LogP contribution >= 0.6 is 11.6 Å². The van der Waals surface area contributed by atoms with Gasteiger partial charge in [-0.3, -0.25) is 9.69 Å². The van der Waals surface area contributed by atoms with E-state index < -0.39 is 0 Å². The van der Waals surface area contributed by atoms with E-state index in [1.54, 1.807) is 0 Å². The normalized spacial score (nSPS) is 25.2. The van der Waals surface area contributed by atoms with E-state index in [1.165, 1.54) is 18.4 Å². The molecule has 6 heteroatoms. The molecule has 0 saturated carbocycles. The summed E-state index contributed by atoms with van der Waals surface area (Å²) in [6, 6.07) is 8.97. The number of amides is 1. The van der Waals surface area contributed by atoms with Crippen molar-refractivity contribution in [3.05, 3.63) is 34.9 Å². The van der Waals surface area contributed by atoms with Gasteiger partial charge in [0, 0.05) is 36.2 Å². The summed E-state index contributed by atoms with van der Waals surface area (Å²) < 4.78 is 0. The Bertz CT molecular complexity index is 613. The zero-order chi connectivity index (χ0) is 19.4. The number of hydrogen-bond donors (Lipinski definition) is 2. The average molecular weight is 393 g/mol. The van der Waals surface area contributed by atoms with E-state index in [4.69, 9.17) is 11.6 Å². The van der Waals surface area contributed by atoms with Crippen LogP contribution < -0.4 is 10.6 Å². The standard InChI is InChI=1S/C21H33ClN4O/c1-15(2)23-21(27)20-12-19(24-18-8-10-25(3)11-9-18)14-26(20)13-16-4-6-17(22)7-5-16/h4-7,15,18-20,24H,8-14H2,1-3H3,(H,23,27)/t19-,20-/m0/s1. The van der Waals surface area contributed by atoms with Gasteiger partial charge in [-0.1, -0.05) is 23.7 Å². The van der Waals surface area contributed by atoms with Crippen molar-refractivity contribution in [3.8, 4) is 0 Å². The van der Waals surface area contributed by atoms with Gasteiger partial charge < -0.3 is 15.5 Å². The Kier molecular flexibility index (Phi) is 7.15. The van der Waals surface area contributed by atoms with Crippen molar-refractivity contribution in [1.29, 1.82) is 0 Å². The third-order valence-electron chi connectivity index (χ3n) is 5.63. The highest BCUT2D eigenvalue weighted by atomic mass is 35.5. The van der Waals surface area contributed by atoms with Crippen molar-refractivity contribution in [2.24, 2.45) is 0 Å². The number of rotatable bonds is 6. The number of nitrogens with zero attached hydrogens (tertiary/aromatic N) is 2. The number of piperidine rings is 1. The van der Waals surface area contributed by atoms with E-state index in [1.807, 2.05) is 26.0 Å². The highest BCUT2D eigenvalue weighted by molar-refractivity contribution is 6.30. The summed E-state index contributed by atoms with van der Waals surface area (Å²) in [5.41, 5.74) is 1.20. The minimum absolute atomic E-state index is 0.0770. The van der Waals surface area contributed by atoms with Crippen LogP contribution in [0.25, 0.3) is 0 Å². The Morgan fingerprint density at radius 1 is 1.19 bits per heavy atom. The van der Waals surface area contributed by atoms with Gasteiger partial charge >= 0.3 is 0 Å². The molecular formula is C21H33ClN4O. The van der Waals surface area contributed by atoms with Crippen LogP contribution in [0.15, 0.2) is 24.3 Å². The van der Waals surface area contributed by atoms with Crippen molar-refractivity contribution < 1.29 is 4.79 Å². The molecule has 2 N–H and O–H groups in total. The predicted molar refractivity (Wildman–Crippen MR) is 111 cm³/mol. The molecule has 150 valence electrons. The van der Waals surface area contributed by atoms with Crippen LogP contribution in [0.3, 0.4) is 0 Å². The van der Waals surface area contributed by atoms with Crippen LogP contribution in [0.2, 0.25) is 5.02 Å². The van der Waals surface area contributed by atoms with Crippen LogP contribution in [-0.4, -0.2) is 66.6 Å². The summed E-state index contributed by atoms with van der Waals surface area (Å²) in [6.07, 6.45) is 3.25. The largest absolute Gasteiger partial charge is 0.353 e. The lowest BCUT2D eigenvalue weighted by atomic mass is 10.0. The topological polar surface area (TPSA) is 47.6 Å². The maximum atomic E-state index is 12.8. The summed E-state index contributed by atoms with van der Waals surface area (Å²) >= 11 is 6.02. The summed E-state index contributed by atoms with van der Waals surface area (Å²) in [4.78, 5) is 17.5. The lowest BCUT2D eigenvalue weighted by Gasteiger charge is -2.31. The van der Waals surface area contributed by atoms with Gasteiger partial charge in [-0.25, -0.2) is 0 Å². The molecule has 2 heterocycles. The Hall–Kier alpha value is -1.14. The van der Waals surface area contributed by atoms with E-state index in [0.29, 0.717) is 12.1 Å². The third-order valence-corrected chi connectivity index (χ3v) is 5.88. The monoisotopic (exact) mass is 392 g/mol. The van der Waals surface area contributed by atoms with E-state index in [9.17, 15) is 4.79 Å². The molecule has 0 aromatic heterocycles. The maximum absolute atomic E-state index is 12.8. The average Bonchev–Trinajstić information content (AvgIpc) is 3.01. The lowest BCUT2D eigenvalue weighted by molar-refractivity contribution is -0.126. The van der Waals surface area contributed by atoms with E-state index in [-0.39, 0.29) is 18.0 Å². The van der Waals surface area contributed by atoms with Crippen LogP contribution in [-0.2, 0) is 11.3 Å². The van der Waals surface area contributed by atoms with Crippen molar-refractivity contribution in [1.82, 2.24) is 20.4 Å². The van der Waals surface area contributed by atoms with Gasteiger partial charge in [0.2, 0.25) is 5.91 Å². The number of benzene rings is 1. The van der Waals surface area contributed by atoms with Crippen LogP contribution in [0, 0.1) is 0 Å². The summed E-state index contributed by atoms with van der Waals surface area (Å²) in [5.74, 6) is 0.145. The second-order valence-corrected chi connectivity index (χ2v) is 8.85. The summed E-state index contributed by atoms with van der Waals surface area (Å²) in [5, 5.41) is 7.68. The molecule has 2 aliphatic heterocycles. The predicted octanol–water partition coefficient (Wildman–Crippen LogP) is 2.49. The quantitative estimate of drug-likeness (QED) is 0.780. The van der Waals surface area contributed by atoms with Gasteiger partial charge in [-0.05, 0) is 70.9 Å². The Morgan fingerprint density at radius 2 is 1.85 bits per heavy atom. The number of carbonyl (C=O) groups is 1. The number of hydrogen-bond acceptors (Lipinski definition) is 4. The van der Waals surface area contributed by atoms with E-state index >= 15 is 0 Å². The van der Waals surface area contributed by atoms with Gasteiger partial charge in [0.15, 0.2) is 0 Å². The molecule has 1 aromatic carbocycles. The smallest absolute Gasteiger partial charge is 0.237 e. The van der Waals surface area contributed by atoms with Gasteiger partial charge in [0.05, 0.1) is 6.04 Å². The number of carbonyl (C=O) groups excluding carboxylic acids is 1. The number of halogens is 1.